The van der Waals surface area contributed by atoms with Crippen LogP contribution in [0, 0.1) is 5.92 Å². The van der Waals surface area contributed by atoms with Gasteiger partial charge in [0, 0.05) is 11.9 Å². The molecule has 1 fully saturated rings. The summed E-state index contributed by atoms with van der Waals surface area (Å²) in [5.74, 6) is 2.07. The van der Waals surface area contributed by atoms with Crippen LogP contribution in [0.5, 0.6) is 5.75 Å². The highest BCUT2D eigenvalue weighted by atomic mass is 32.1. The lowest BCUT2D eigenvalue weighted by molar-refractivity contribution is 0.362. The first-order valence-electron chi connectivity index (χ1n) is 10.1. The second kappa shape index (κ2) is 10.6. The van der Waals surface area contributed by atoms with Crippen LogP contribution in [-0.2, 0) is 6.54 Å². The van der Waals surface area contributed by atoms with Crippen LogP contribution in [0.1, 0.15) is 48.0 Å². The Hall–Kier alpha value is -1.95. The van der Waals surface area contributed by atoms with Gasteiger partial charge in [0.15, 0.2) is 0 Å². The molecule has 0 amide bonds. The smallest absolute Gasteiger partial charge is 0.120 e. The average Bonchev–Trinajstić information content (AvgIpc) is 3.37. The number of ether oxygens (including phenoxy) is 1. The number of thiazole rings is 1. The van der Waals surface area contributed by atoms with E-state index < -0.39 is 0 Å². The van der Waals surface area contributed by atoms with Crippen LogP contribution >= 0.6 is 11.3 Å². The number of nitrogens with one attached hydrogen (secondary N) is 2. The zero-order chi connectivity index (χ0) is 19.8. The van der Waals surface area contributed by atoms with Gasteiger partial charge in [-0.2, -0.15) is 0 Å². The molecule has 28 heavy (non-hydrogen) atoms. The Kier molecular flexibility index (Phi) is 7.83. The van der Waals surface area contributed by atoms with Crippen LogP contribution < -0.4 is 15.4 Å². The predicted octanol–water partition coefficient (Wildman–Crippen LogP) is 4.70. The molecule has 0 radical (unpaired) electrons. The largest absolute Gasteiger partial charge is 0.490 e. The molecule has 1 saturated heterocycles. The minimum Gasteiger partial charge on any atom is -0.490 e. The number of nitrogens with zero attached hydrogens (tertiary/aromatic N) is 1. The minimum absolute atomic E-state index is 0.460. The van der Waals surface area contributed by atoms with Gasteiger partial charge in [0.1, 0.15) is 17.4 Å². The van der Waals surface area contributed by atoms with Crippen molar-refractivity contribution in [3.05, 3.63) is 58.1 Å². The van der Waals surface area contributed by atoms with E-state index in [-0.39, 0.29) is 0 Å². The molecule has 0 saturated carbocycles. The standard InChI is InChI=1S/C23H31N3OS/c1-4-9-27-21-11-18(5-6-23-26-22(16-28-23)17(2)3)10-20(12-21)15-25-14-19-7-8-24-13-19/h4-6,10-12,16-17,19,24-25H,1,7-9,13-15H2,2-3H3/b6-5+. The first kappa shape index (κ1) is 20.8. The van der Waals surface area contributed by atoms with E-state index in [9.17, 15) is 0 Å². The predicted molar refractivity (Wildman–Crippen MR) is 120 cm³/mol. The summed E-state index contributed by atoms with van der Waals surface area (Å²) >= 11 is 1.69. The number of hydrogen-bond donors (Lipinski definition) is 2. The molecule has 5 heteroatoms. The first-order valence-corrected chi connectivity index (χ1v) is 10.9. The maximum atomic E-state index is 5.80. The molecule has 1 aliphatic rings. The van der Waals surface area contributed by atoms with Gasteiger partial charge in [-0.15, -0.1) is 11.3 Å². The molecule has 2 aromatic rings. The van der Waals surface area contributed by atoms with Gasteiger partial charge >= 0.3 is 0 Å². The first-order chi connectivity index (χ1) is 13.6. The van der Waals surface area contributed by atoms with Crippen molar-refractivity contribution in [2.45, 2.75) is 32.7 Å². The molecule has 1 unspecified atom stereocenters. The van der Waals surface area contributed by atoms with E-state index in [1.54, 1.807) is 17.4 Å². The third-order valence-electron chi connectivity index (χ3n) is 4.83. The van der Waals surface area contributed by atoms with Crippen molar-refractivity contribution in [1.82, 2.24) is 15.6 Å². The van der Waals surface area contributed by atoms with Crippen LogP contribution in [0.3, 0.4) is 0 Å². The van der Waals surface area contributed by atoms with Crippen LogP contribution in [0.25, 0.3) is 12.2 Å². The van der Waals surface area contributed by atoms with Crippen molar-refractivity contribution in [2.24, 2.45) is 5.92 Å². The van der Waals surface area contributed by atoms with E-state index in [4.69, 9.17) is 4.74 Å². The molecule has 0 bridgehead atoms. The third kappa shape index (κ3) is 6.30. The Bertz CT molecular complexity index is 791. The van der Waals surface area contributed by atoms with Crippen LogP contribution in [-0.4, -0.2) is 31.2 Å². The molecular formula is C23H31N3OS. The number of aromatic nitrogens is 1. The maximum Gasteiger partial charge on any atom is 0.120 e. The van der Waals surface area contributed by atoms with Crippen molar-refractivity contribution in [3.63, 3.8) is 0 Å². The molecule has 2 heterocycles. The van der Waals surface area contributed by atoms with Crippen LogP contribution in [0.2, 0.25) is 0 Å². The molecule has 1 atom stereocenters. The van der Waals surface area contributed by atoms with Gasteiger partial charge in [0.2, 0.25) is 0 Å². The molecule has 1 aromatic carbocycles. The van der Waals surface area contributed by atoms with E-state index >= 15 is 0 Å². The fourth-order valence-corrected chi connectivity index (χ4v) is 4.11. The summed E-state index contributed by atoms with van der Waals surface area (Å²) in [6, 6.07) is 6.40. The minimum atomic E-state index is 0.460. The lowest BCUT2D eigenvalue weighted by atomic mass is 10.1. The summed E-state index contributed by atoms with van der Waals surface area (Å²) in [4.78, 5) is 4.68. The van der Waals surface area contributed by atoms with Crippen molar-refractivity contribution < 1.29 is 4.74 Å². The lowest BCUT2D eigenvalue weighted by Gasteiger charge is -2.12. The summed E-state index contributed by atoms with van der Waals surface area (Å²) < 4.78 is 5.80. The maximum absolute atomic E-state index is 5.80. The highest BCUT2D eigenvalue weighted by Gasteiger charge is 2.13. The lowest BCUT2D eigenvalue weighted by Crippen LogP contribution is -2.24. The van der Waals surface area contributed by atoms with Gasteiger partial charge in [0.25, 0.3) is 0 Å². The Morgan fingerprint density at radius 2 is 2.25 bits per heavy atom. The average molecular weight is 398 g/mol. The summed E-state index contributed by atoms with van der Waals surface area (Å²) in [5, 5.41) is 10.2. The second-order valence-corrected chi connectivity index (χ2v) is 8.49. The third-order valence-corrected chi connectivity index (χ3v) is 5.66. The van der Waals surface area contributed by atoms with Gasteiger partial charge in [-0.25, -0.2) is 4.98 Å². The Morgan fingerprint density at radius 3 is 2.96 bits per heavy atom. The van der Waals surface area contributed by atoms with Gasteiger partial charge in [-0.1, -0.05) is 38.6 Å². The van der Waals surface area contributed by atoms with Gasteiger partial charge in [-0.3, -0.25) is 0 Å². The Balaban J connectivity index is 1.68. The quantitative estimate of drug-likeness (QED) is 0.571. The zero-order valence-electron chi connectivity index (χ0n) is 16.9. The summed E-state index contributed by atoms with van der Waals surface area (Å²) in [7, 11) is 0. The van der Waals surface area contributed by atoms with E-state index in [0.717, 1.165) is 54.1 Å². The highest BCUT2D eigenvalue weighted by molar-refractivity contribution is 7.10. The van der Waals surface area contributed by atoms with E-state index in [0.29, 0.717) is 12.5 Å². The van der Waals surface area contributed by atoms with Crippen LogP contribution in [0.4, 0.5) is 0 Å². The topological polar surface area (TPSA) is 46.2 Å². The van der Waals surface area contributed by atoms with E-state index in [1.165, 1.54) is 12.0 Å². The van der Waals surface area contributed by atoms with Crippen LogP contribution in [0.15, 0.2) is 36.2 Å². The van der Waals surface area contributed by atoms with Crippen molar-refractivity contribution in [2.75, 3.05) is 26.2 Å². The molecule has 4 nitrogen and oxygen atoms in total. The molecule has 1 aliphatic heterocycles. The summed E-state index contributed by atoms with van der Waals surface area (Å²) in [6.45, 7) is 12.7. The fourth-order valence-electron chi connectivity index (χ4n) is 3.24. The molecule has 0 spiro atoms. The number of hydrogen-bond acceptors (Lipinski definition) is 5. The van der Waals surface area contributed by atoms with Gasteiger partial charge in [0.05, 0.1) is 5.69 Å². The van der Waals surface area contributed by atoms with Crippen molar-refractivity contribution >= 4 is 23.5 Å². The molecule has 150 valence electrons. The second-order valence-electron chi connectivity index (χ2n) is 7.60. The SMILES string of the molecule is C=CCOc1cc(/C=C/c2nc(C(C)C)cs2)cc(CNCC2CCNC2)c1. The highest BCUT2D eigenvalue weighted by Crippen LogP contribution is 2.22. The normalized spacial score (nSPS) is 16.9. The molecule has 1 aromatic heterocycles. The Labute approximate surface area is 172 Å². The monoisotopic (exact) mass is 397 g/mol. The Morgan fingerprint density at radius 1 is 1.36 bits per heavy atom. The summed E-state index contributed by atoms with van der Waals surface area (Å²) in [6.07, 6.45) is 7.24. The number of benzene rings is 1. The van der Waals surface area contributed by atoms with Gasteiger partial charge in [-0.05, 0) is 67.2 Å². The zero-order valence-corrected chi connectivity index (χ0v) is 17.7. The van der Waals surface area contributed by atoms with E-state index in [1.807, 2.05) is 0 Å². The molecule has 2 N–H and O–H groups in total. The molecule has 3 rings (SSSR count). The fraction of sp³-hybridized carbons (Fsp3) is 0.435. The van der Waals surface area contributed by atoms with E-state index in [2.05, 4.69) is 71.8 Å². The summed E-state index contributed by atoms with van der Waals surface area (Å²) in [5.41, 5.74) is 3.51. The number of rotatable bonds is 10. The van der Waals surface area contributed by atoms with Gasteiger partial charge < -0.3 is 15.4 Å². The molecular weight excluding hydrogens is 366 g/mol. The molecule has 0 aliphatic carbocycles. The van der Waals surface area contributed by atoms with Crippen molar-refractivity contribution in [1.29, 1.82) is 0 Å². The van der Waals surface area contributed by atoms with Crippen molar-refractivity contribution in [3.8, 4) is 5.75 Å².